The van der Waals surface area contributed by atoms with Gasteiger partial charge in [-0.3, -0.25) is 0 Å². The maximum atomic E-state index is 4.33. The molecule has 2 rings (SSSR count). The lowest BCUT2D eigenvalue weighted by atomic mass is 9.80. The lowest BCUT2D eigenvalue weighted by Gasteiger charge is -2.25. The van der Waals surface area contributed by atoms with E-state index in [9.17, 15) is 0 Å². The summed E-state index contributed by atoms with van der Waals surface area (Å²) in [5.74, 6) is 0. The van der Waals surface area contributed by atoms with Crippen molar-refractivity contribution in [2.75, 3.05) is 0 Å². The number of imidazole rings is 1. The van der Waals surface area contributed by atoms with E-state index >= 15 is 0 Å². The van der Waals surface area contributed by atoms with Gasteiger partial charge in [0, 0.05) is 18.6 Å². The van der Waals surface area contributed by atoms with Gasteiger partial charge in [-0.1, -0.05) is 20.8 Å². The largest absolute Gasteiger partial charge is 0.307 e. The van der Waals surface area contributed by atoms with E-state index in [0.717, 1.165) is 12.1 Å². The number of hydrogen-bond acceptors (Lipinski definition) is 1. The molecule has 0 bridgehead atoms. The van der Waals surface area contributed by atoms with E-state index in [1.165, 1.54) is 11.1 Å². The first-order chi connectivity index (χ1) is 7.04. The monoisotopic (exact) mass is 202 g/mol. The Morgan fingerprint density at radius 2 is 2.13 bits per heavy atom. The number of rotatable bonds is 2. The molecule has 0 spiro atoms. The molecule has 0 N–H and O–H groups in total. The van der Waals surface area contributed by atoms with Crippen molar-refractivity contribution in [3.63, 3.8) is 0 Å². The standard InChI is InChI=1S/C13H18N2/c1-5-13(3,4)11-8-12-14-6-7-15(12)9-10(11)2/h6-9H,5H2,1-4H3. The van der Waals surface area contributed by atoms with Crippen LogP contribution in [0.1, 0.15) is 38.3 Å². The second-order valence-electron chi connectivity index (χ2n) is 4.80. The smallest absolute Gasteiger partial charge is 0.136 e. The zero-order valence-electron chi connectivity index (χ0n) is 9.91. The normalized spacial score (nSPS) is 12.3. The van der Waals surface area contributed by atoms with Crippen LogP contribution in [0, 0.1) is 6.92 Å². The first-order valence-electron chi connectivity index (χ1n) is 5.48. The van der Waals surface area contributed by atoms with Crippen molar-refractivity contribution < 1.29 is 0 Å². The fraction of sp³-hybridized carbons (Fsp3) is 0.462. The van der Waals surface area contributed by atoms with Gasteiger partial charge in [0.05, 0.1) is 0 Å². The van der Waals surface area contributed by atoms with Crippen molar-refractivity contribution in [1.29, 1.82) is 0 Å². The van der Waals surface area contributed by atoms with Gasteiger partial charge in [0.15, 0.2) is 0 Å². The summed E-state index contributed by atoms with van der Waals surface area (Å²) < 4.78 is 2.07. The Morgan fingerprint density at radius 3 is 2.80 bits per heavy atom. The molecule has 0 amide bonds. The van der Waals surface area contributed by atoms with Crippen molar-refractivity contribution >= 4 is 5.65 Å². The summed E-state index contributed by atoms with van der Waals surface area (Å²) in [5, 5.41) is 0. The highest BCUT2D eigenvalue weighted by Crippen LogP contribution is 2.29. The molecule has 0 atom stereocenters. The second kappa shape index (κ2) is 3.37. The van der Waals surface area contributed by atoms with Gasteiger partial charge in [-0.2, -0.15) is 0 Å². The maximum absolute atomic E-state index is 4.33. The van der Waals surface area contributed by atoms with Gasteiger partial charge in [-0.05, 0) is 36.0 Å². The lowest BCUT2D eigenvalue weighted by molar-refractivity contribution is 0.503. The summed E-state index contributed by atoms with van der Waals surface area (Å²) >= 11 is 0. The molecular formula is C13H18N2. The van der Waals surface area contributed by atoms with E-state index in [0.29, 0.717) is 0 Å². The molecule has 0 aliphatic heterocycles. The highest BCUT2D eigenvalue weighted by molar-refractivity contribution is 5.46. The Balaban J connectivity index is 2.65. The minimum Gasteiger partial charge on any atom is -0.307 e. The molecular weight excluding hydrogens is 184 g/mol. The predicted octanol–water partition coefficient (Wildman–Crippen LogP) is 3.33. The number of nitrogens with zero attached hydrogens (tertiary/aromatic N) is 2. The van der Waals surface area contributed by atoms with Gasteiger partial charge in [0.1, 0.15) is 5.65 Å². The topological polar surface area (TPSA) is 17.3 Å². The van der Waals surface area contributed by atoms with Gasteiger partial charge in [-0.15, -0.1) is 0 Å². The molecule has 2 aromatic rings. The van der Waals surface area contributed by atoms with Crippen LogP contribution in [0.2, 0.25) is 0 Å². The molecule has 0 unspecified atom stereocenters. The lowest BCUT2D eigenvalue weighted by Crippen LogP contribution is -2.17. The minimum absolute atomic E-state index is 0.234. The van der Waals surface area contributed by atoms with Gasteiger partial charge < -0.3 is 4.40 Å². The predicted molar refractivity (Wildman–Crippen MR) is 63.2 cm³/mol. The van der Waals surface area contributed by atoms with Crippen molar-refractivity contribution in [2.45, 2.75) is 39.5 Å². The number of aryl methyl sites for hydroxylation is 1. The quantitative estimate of drug-likeness (QED) is 0.730. The fourth-order valence-electron chi connectivity index (χ4n) is 1.99. The van der Waals surface area contributed by atoms with Crippen LogP contribution in [-0.4, -0.2) is 9.38 Å². The van der Waals surface area contributed by atoms with Crippen LogP contribution < -0.4 is 0 Å². The molecule has 2 aromatic heterocycles. The Morgan fingerprint density at radius 1 is 1.40 bits per heavy atom. The second-order valence-corrected chi connectivity index (χ2v) is 4.80. The summed E-state index contributed by atoms with van der Waals surface area (Å²) in [6.07, 6.45) is 7.14. The van der Waals surface area contributed by atoms with Gasteiger partial charge in [0.2, 0.25) is 0 Å². The van der Waals surface area contributed by atoms with Gasteiger partial charge in [-0.25, -0.2) is 4.98 Å². The van der Waals surface area contributed by atoms with E-state index in [-0.39, 0.29) is 5.41 Å². The number of fused-ring (bicyclic) bond motifs is 1. The summed E-state index contributed by atoms with van der Waals surface area (Å²) in [5.41, 5.74) is 4.02. The van der Waals surface area contributed by atoms with Crippen LogP contribution in [0.25, 0.3) is 5.65 Å². The fourth-order valence-corrected chi connectivity index (χ4v) is 1.99. The van der Waals surface area contributed by atoms with Crippen LogP contribution in [0.3, 0.4) is 0 Å². The van der Waals surface area contributed by atoms with E-state index in [4.69, 9.17) is 0 Å². The zero-order chi connectivity index (χ0) is 11.1. The minimum atomic E-state index is 0.234. The molecule has 0 aliphatic rings. The van der Waals surface area contributed by atoms with E-state index in [2.05, 4.69) is 49.3 Å². The molecule has 0 radical (unpaired) electrons. The van der Waals surface area contributed by atoms with Crippen LogP contribution >= 0.6 is 0 Å². The van der Waals surface area contributed by atoms with E-state index in [1.807, 2.05) is 12.4 Å². The average molecular weight is 202 g/mol. The van der Waals surface area contributed by atoms with Crippen LogP contribution in [0.15, 0.2) is 24.7 Å². The Hall–Kier alpha value is -1.31. The van der Waals surface area contributed by atoms with E-state index in [1.54, 1.807) is 0 Å². The van der Waals surface area contributed by atoms with Crippen molar-refractivity contribution in [3.8, 4) is 0 Å². The van der Waals surface area contributed by atoms with E-state index < -0.39 is 0 Å². The molecule has 2 heteroatoms. The molecule has 2 heterocycles. The molecule has 0 fully saturated rings. The SMILES string of the molecule is CCC(C)(C)c1cc2nccn2cc1C. The Kier molecular flexibility index (Phi) is 2.29. The van der Waals surface area contributed by atoms with Gasteiger partial charge in [0.25, 0.3) is 0 Å². The summed E-state index contributed by atoms with van der Waals surface area (Å²) in [4.78, 5) is 4.33. The van der Waals surface area contributed by atoms with Crippen molar-refractivity contribution in [3.05, 3.63) is 35.8 Å². The number of pyridine rings is 1. The highest BCUT2D eigenvalue weighted by atomic mass is 15.0. The van der Waals surface area contributed by atoms with Crippen molar-refractivity contribution in [2.24, 2.45) is 0 Å². The first kappa shape index (κ1) is 10.2. The molecule has 80 valence electrons. The zero-order valence-corrected chi connectivity index (χ0v) is 9.91. The summed E-state index contributed by atoms with van der Waals surface area (Å²) in [7, 11) is 0. The highest BCUT2D eigenvalue weighted by Gasteiger charge is 2.20. The van der Waals surface area contributed by atoms with Crippen LogP contribution in [-0.2, 0) is 5.41 Å². The molecule has 0 saturated carbocycles. The van der Waals surface area contributed by atoms with Crippen molar-refractivity contribution in [1.82, 2.24) is 9.38 Å². The molecule has 2 nitrogen and oxygen atoms in total. The van der Waals surface area contributed by atoms with Crippen LogP contribution in [0.5, 0.6) is 0 Å². The molecule has 0 aromatic carbocycles. The third kappa shape index (κ3) is 1.65. The third-order valence-electron chi connectivity index (χ3n) is 3.34. The summed E-state index contributed by atoms with van der Waals surface area (Å²) in [6, 6.07) is 2.21. The Labute approximate surface area is 91.0 Å². The number of aromatic nitrogens is 2. The summed E-state index contributed by atoms with van der Waals surface area (Å²) in [6.45, 7) is 8.98. The molecule has 0 aliphatic carbocycles. The molecule has 15 heavy (non-hydrogen) atoms. The van der Waals surface area contributed by atoms with Crippen LogP contribution in [0.4, 0.5) is 0 Å². The number of hydrogen-bond donors (Lipinski definition) is 0. The van der Waals surface area contributed by atoms with Gasteiger partial charge >= 0.3 is 0 Å². The molecule has 0 saturated heterocycles. The Bertz CT molecular complexity index is 480. The first-order valence-corrected chi connectivity index (χ1v) is 5.48. The third-order valence-corrected chi connectivity index (χ3v) is 3.34. The average Bonchev–Trinajstić information content (AvgIpc) is 2.63. The maximum Gasteiger partial charge on any atom is 0.136 e.